The molecule has 1 rings (SSSR count). The standard InChI is InChI=1S/C11H14O3/c1-14-11(13)7-6-9-4-2-3-5-10(9)8-12/h2-5,12H,6-8H2,1H3. The van der Waals surface area contributed by atoms with Gasteiger partial charge in [-0.05, 0) is 17.5 Å². The van der Waals surface area contributed by atoms with Crippen LogP contribution in [-0.4, -0.2) is 18.2 Å². The summed E-state index contributed by atoms with van der Waals surface area (Å²) in [4.78, 5) is 10.9. The van der Waals surface area contributed by atoms with Crippen molar-refractivity contribution >= 4 is 5.97 Å². The lowest BCUT2D eigenvalue weighted by molar-refractivity contribution is -0.140. The lowest BCUT2D eigenvalue weighted by Gasteiger charge is -2.05. The molecule has 14 heavy (non-hydrogen) atoms. The molecule has 0 saturated heterocycles. The van der Waals surface area contributed by atoms with Crippen molar-refractivity contribution in [1.29, 1.82) is 0 Å². The number of rotatable bonds is 4. The Morgan fingerprint density at radius 2 is 2.00 bits per heavy atom. The van der Waals surface area contributed by atoms with Gasteiger partial charge < -0.3 is 9.84 Å². The fourth-order valence-electron chi connectivity index (χ4n) is 1.29. The minimum atomic E-state index is -0.224. The molecule has 0 aliphatic rings. The molecule has 0 spiro atoms. The van der Waals surface area contributed by atoms with Crippen LogP contribution in [0.4, 0.5) is 0 Å². The van der Waals surface area contributed by atoms with Crippen LogP contribution in [0.25, 0.3) is 0 Å². The molecule has 1 N–H and O–H groups in total. The fourth-order valence-corrected chi connectivity index (χ4v) is 1.29. The molecule has 0 amide bonds. The summed E-state index contributed by atoms with van der Waals surface area (Å²) in [6.07, 6.45) is 0.969. The van der Waals surface area contributed by atoms with Crippen LogP contribution in [0.3, 0.4) is 0 Å². The molecule has 0 saturated carbocycles. The molecule has 76 valence electrons. The Kier molecular flexibility index (Phi) is 4.13. The molecule has 3 nitrogen and oxygen atoms in total. The maximum absolute atomic E-state index is 10.9. The highest BCUT2D eigenvalue weighted by atomic mass is 16.5. The molecule has 3 heteroatoms. The third-order valence-electron chi connectivity index (χ3n) is 2.11. The highest BCUT2D eigenvalue weighted by Crippen LogP contribution is 2.11. The van der Waals surface area contributed by atoms with E-state index in [1.165, 1.54) is 7.11 Å². The molecule has 0 heterocycles. The third kappa shape index (κ3) is 2.85. The van der Waals surface area contributed by atoms with Gasteiger partial charge in [0.1, 0.15) is 0 Å². The first-order chi connectivity index (χ1) is 6.77. The summed E-state index contributed by atoms with van der Waals surface area (Å²) in [6.45, 7) is 0.0113. The van der Waals surface area contributed by atoms with Crippen molar-refractivity contribution < 1.29 is 14.6 Å². The number of hydrogen-bond acceptors (Lipinski definition) is 3. The summed E-state index contributed by atoms with van der Waals surface area (Å²) in [5.41, 5.74) is 1.87. The predicted octanol–water partition coefficient (Wildman–Crippen LogP) is 1.28. The summed E-state index contributed by atoms with van der Waals surface area (Å²) in [6, 6.07) is 7.53. The van der Waals surface area contributed by atoms with E-state index in [1.807, 2.05) is 24.3 Å². The minimum absolute atomic E-state index is 0.0113. The molecule has 0 radical (unpaired) electrons. The molecule has 0 unspecified atom stereocenters. The van der Waals surface area contributed by atoms with E-state index in [2.05, 4.69) is 4.74 Å². The normalized spacial score (nSPS) is 9.86. The zero-order valence-electron chi connectivity index (χ0n) is 8.19. The summed E-state index contributed by atoms with van der Waals surface area (Å²) in [7, 11) is 1.38. The van der Waals surface area contributed by atoms with Gasteiger partial charge in [0, 0.05) is 6.42 Å². The molecule has 1 aromatic carbocycles. The monoisotopic (exact) mass is 194 g/mol. The van der Waals surface area contributed by atoms with Gasteiger partial charge in [0.05, 0.1) is 13.7 Å². The maximum Gasteiger partial charge on any atom is 0.305 e. The Morgan fingerprint density at radius 3 is 2.57 bits per heavy atom. The molecule has 0 bridgehead atoms. The third-order valence-corrected chi connectivity index (χ3v) is 2.11. The zero-order chi connectivity index (χ0) is 10.4. The van der Waals surface area contributed by atoms with Gasteiger partial charge in [-0.2, -0.15) is 0 Å². The number of ether oxygens (including phenoxy) is 1. The Hall–Kier alpha value is -1.35. The Morgan fingerprint density at radius 1 is 1.36 bits per heavy atom. The van der Waals surface area contributed by atoms with Crippen LogP contribution < -0.4 is 0 Å². The lowest BCUT2D eigenvalue weighted by Crippen LogP contribution is -2.03. The van der Waals surface area contributed by atoms with Crippen molar-refractivity contribution in [3.05, 3.63) is 35.4 Å². The highest BCUT2D eigenvalue weighted by Gasteiger charge is 2.04. The maximum atomic E-state index is 10.9. The number of aliphatic hydroxyl groups is 1. The van der Waals surface area contributed by atoms with E-state index in [0.29, 0.717) is 12.8 Å². The Balaban J connectivity index is 2.61. The van der Waals surface area contributed by atoms with Crippen LogP contribution in [0.2, 0.25) is 0 Å². The van der Waals surface area contributed by atoms with Gasteiger partial charge in [-0.25, -0.2) is 0 Å². The molecule has 0 aliphatic carbocycles. The second-order valence-electron chi connectivity index (χ2n) is 3.00. The summed E-state index contributed by atoms with van der Waals surface area (Å²) < 4.78 is 4.54. The van der Waals surface area contributed by atoms with Crippen LogP contribution in [0, 0.1) is 0 Å². The summed E-state index contributed by atoms with van der Waals surface area (Å²) in [5, 5.41) is 9.02. The first-order valence-electron chi connectivity index (χ1n) is 4.52. The van der Waals surface area contributed by atoms with Gasteiger partial charge in [0.2, 0.25) is 0 Å². The van der Waals surface area contributed by atoms with Crippen LogP contribution in [-0.2, 0) is 22.6 Å². The second kappa shape index (κ2) is 5.40. The van der Waals surface area contributed by atoms with Crippen molar-refractivity contribution in [1.82, 2.24) is 0 Å². The van der Waals surface area contributed by atoms with Crippen LogP contribution in [0.15, 0.2) is 24.3 Å². The first-order valence-corrected chi connectivity index (χ1v) is 4.52. The number of aliphatic hydroxyl groups excluding tert-OH is 1. The Labute approximate surface area is 83.3 Å². The van der Waals surface area contributed by atoms with E-state index >= 15 is 0 Å². The van der Waals surface area contributed by atoms with Crippen LogP contribution >= 0.6 is 0 Å². The van der Waals surface area contributed by atoms with Crippen molar-refractivity contribution in [2.75, 3.05) is 7.11 Å². The minimum Gasteiger partial charge on any atom is -0.469 e. The first kappa shape index (κ1) is 10.7. The van der Waals surface area contributed by atoms with E-state index in [0.717, 1.165) is 11.1 Å². The van der Waals surface area contributed by atoms with E-state index < -0.39 is 0 Å². The van der Waals surface area contributed by atoms with Crippen molar-refractivity contribution in [3.63, 3.8) is 0 Å². The van der Waals surface area contributed by atoms with E-state index in [-0.39, 0.29) is 12.6 Å². The average molecular weight is 194 g/mol. The predicted molar refractivity (Wildman–Crippen MR) is 52.7 cm³/mol. The van der Waals surface area contributed by atoms with Gasteiger partial charge in [-0.3, -0.25) is 4.79 Å². The molecular formula is C11H14O3. The van der Waals surface area contributed by atoms with Crippen molar-refractivity contribution in [2.24, 2.45) is 0 Å². The van der Waals surface area contributed by atoms with Gasteiger partial charge >= 0.3 is 5.97 Å². The summed E-state index contributed by atoms with van der Waals surface area (Å²) >= 11 is 0. The molecule has 0 aromatic heterocycles. The lowest BCUT2D eigenvalue weighted by atomic mass is 10.0. The van der Waals surface area contributed by atoms with E-state index in [9.17, 15) is 4.79 Å². The number of esters is 1. The van der Waals surface area contributed by atoms with E-state index in [4.69, 9.17) is 5.11 Å². The van der Waals surface area contributed by atoms with E-state index in [1.54, 1.807) is 0 Å². The molecule has 1 aromatic rings. The zero-order valence-corrected chi connectivity index (χ0v) is 8.19. The number of methoxy groups -OCH3 is 1. The number of carbonyl (C=O) groups excluding carboxylic acids is 1. The smallest absolute Gasteiger partial charge is 0.305 e. The van der Waals surface area contributed by atoms with Crippen molar-refractivity contribution in [2.45, 2.75) is 19.4 Å². The second-order valence-corrected chi connectivity index (χ2v) is 3.00. The SMILES string of the molecule is COC(=O)CCc1ccccc1CO. The topological polar surface area (TPSA) is 46.5 Å². The van der Waals surface area contributed by atoms with Gasteiger partial charge in [-0.15, -0.1) is 0 Å². The van der Waals surface area contributed by atoms with Gasteiger partial charge in [0.15, 0.2) is 0 Å². The number of carbonyl (C=O) groups is 1. The van der Waals surface area contributed by atoms with Crippen LogP contribution in [0.5, 0.6) is 0 Å². The molecule has 0 aliphatic heterocycles. The fraction of sp³-hybridized carbons (Fsp3) is 0.364. The van der Waals surface area contributed by atoms with Gasteiger partial charge in [-0.1, -0.05) is 24.3 Å². The largest absolute Gasteiger partial charge is 0.469 e. The number of aryl methyl sites for hydroxylation is 1. The molecular weight excluding hydrogens is 180 g/mol. The summed E-state index contributed by atoms with van der Waals surface area (Å²) in [5.74, 6) is -0.224. The number of benzene rings is 1. The average Bonchev–Trinajstić information content (AvgIpc) is 2.26. The van der Waals surface area contributed by atoms with Gasteiger partial charge in [0.25, 0.3) is 0 Å². The quantitative estimate of drug-likeness (QED) is 0.734. The molecule has 0 fully saturated rings. The highest BCUT2D eigenvalue weighted by molar-refractivity contribution is 5.69. The molecule has 0 atom stereocenters. The van der Waals surface area contributed by atoms with Crippen molar-refractivity contribution in [3.8, 4) is 0 Å². The van der Waals surface area contributed by atoms with Crippen LogP contribution in [0.1, 0.15) is 17.5 Å². The Bertz CT molecular complexity index is 307. The number of hydrogen-bond donors (Lipinski definition) is 1.